The van der Waals surface area contributed by atoms with Crippen LogP contribution in [-0.2, 0) is 12.6 Å². The number of benzene rings is 1. The van der Waals surface area contributed by atoms with Gasteiger partial charge in [-0.3, -0.25) is 4.79 Å². The standard InChI is InChI=1S/C21H13F5N8O3/c22-20(23)34-7-5-12(32-34)16-30-31-18(37-16)19(35)33-6-4-10-13(28-8-27-10)14(33)17-29-11-3-1-2-9(15(11)36-17)21(24,25)26/h1-3,5,7-8,14,20H,4,6H2,(H,27,28)/t14-/m0/s1. The van der Waals surface area contributed by atoms with E-state index in [0.29, 0.717) is 22.5 Å². The van der Waals surface area contributed by atoms with Gasteiger partial charge in [-0.25, -0.2) is 14.6 Å². The molecule has 0 fully saturated rings. The maximum atomic E-state index is 13.5. The highest BCUT2D eigenvalue weighted by molar-refractivity contribution is 5.90. The number of rotatable bonds is 4. The van der Waals surface area contributed by atoms with Gasteiger partial charge in [0.05, 0.1) is 12.0 Å². The number of aromatic nitrogens is 7. The fourth-order valence-corrected chi connectivity index (χ4v) is 4.15. The lowest BCUT2D eigenvalue weighted by atomic mass is 10.0. The van der Waals surface area contributed by atoms with Crippen LogP contribution < -0.4 is 0 Å². The number of oxazole rings is 1. The number of hydrogen-bond donors (Lipinski definition) is 1. The summed E-state index contributed by atoms with van der Waals surface area (Å²) < 4.78 is 77.6. The molecule has 1 amide bonds. The second kappa shape index (κ2) is 8.21. The number of fused-ring (bicyclic) bond motifs is 2. The fraction of sp³-hybridized carbons (Fsp3) is 0.238. The number of nitrogens with one attached hydrogen (secondary N) is 1. The number of hydrogen-bond acceptors (Lipinski definition) is 8. The Morgan fingerprint density at radius 3 is 2.76 bits per heavy atom. The van der Waals surface area contributed by atoms with Crippen molar-refractivity contribution < 1.29 is 35.6 Å². The molecule has 37 heavy (non-hydrogen) atoms. The van der Waals surface area contributed by atoms with E-state index in [1.165, 1.54) is 29.4 Å². The first-order valence-corrected chi connectivity index (χ1v) is 10.7. The number of amides is 1. The SMILES string of the molecule is O=C(c1nnc(-c2ccn(C(F)F)n2)o1)N1CCc2[nH]cnc2[C@H]1c1nc2cccc(C(F)(F)F)c2o1. The van der Waals surface area contributed by atoms with Crippen LogP contribution >= 0.6 is 0 Å². The first-order valence-electron chi connectivity index (χ1n) is 10.7. The maximum absolute atomic E-state index is 13.5. The number of halogens is 5. The van der Waals surface area contributed by atoms with Crippen LogP contribution in [0, 0.1) is 0 Å². The van der Waals surface area contributed by atoms with Crippen molar-refractivity contribution in [3.63, 3.8) is 0 Å². The van der Waals surface area contributed by atoms with Crippen LogP contribution in [-0.4, -0.2) is 52.3 Å². The molecule has 1 atom stereocenters. The molecule has 0 unspecified atom stereocenters. The highest BCUT2D eigenvalue weighted by Crippen LogP contribution is 2.39. The third-order valence-electron chi connectivity index (χ3n) is 5.79. The van der Waals surface area contributed by atoms with Crippen molar-refractivity contribution in [1.82, 2.24) is 39.8 Å². The Morgan fingerprint density at radius 2 is 2.00 bits per heavy atom. The zero-order valence-electron chi connectivity index (χ0n) is 18.3. The minimum absolute atomic E-state index is 0.0467. The molecule has 0 aliphatic carbocycles. The average molecular weight is 520 g/mol. The van der Waals surface area contributed by atoms with Crippen molar-refractivity contribution in [2.45, 2.75) is 25.2 Å². The van der Waals surface area contributed by atoms with Crippen LogP contribution in [0.5, 0.6) is 0 Å². The minimum Gasteiger partial charge on any atom is -0.437 e. The summed E-state index contributed by atoms with van der Waals surface area (Å²) in [5, 5.41) is 11.0. The Bertz CT molecular complexity index is 1620. The van der Waals surface area contributed by atoms with Crippen LogP contribution in [0.1, 0.15) is 46.1 Å². The average Bonchev–Trinajstić information content (AvgIpc) is 3.66. The van der Waals surface area contributed by atoms with Crippen molar-refractivity contribution in [3.05, 3.63) is 65.5 Å². The summed E-state index contributed by atoms with van der Waals surface area (Å²) in [5.41, 5.74) is -0.629. The normalized spacial score (nSPS) is 16.1. The molecule has 1 aliphatic rings. The number of carbonyl (C=O) groups is 1. The summed E-state index contributed by atoms with van der Waals surface area (Å²) in [4.78, 5) is 26.0. The summed E-state index contributed by atoms with van der Waals surface area (Å²) in [7, 11) is 0. The number of aromatic amines is 1. The molecule has 5 aromatic rings. The number of carbonyl (C=O) groups excluding carboxylic acids is 1. The van der Waals surface area contributed by atoms with Gasteiger partial charge in [-0.1, -0.05) is 6.07 Å². The molecule has 0 spiro atoms. The lowest BCUT2D eigenvalue weighted by Gasteiger charge is -2.31. The van der Waals surface area contributed by atoms with Crippen molar-refractivity contribution >= 4 is 17.0 Å². The highest BCUT2D eigenvalue weighted by atomic mass is 19.4. The quantitative estimate of drug-likeness (QED) is 0.352. The van der Waals surface area contributed by atoms with Gasteiger partial charge in [-0.05, 0) is 18.2 Å². The number of para-hydroxylation sites is 1. The smallest absolute Gasteiger partial charge is 0.420 e. The Hall–Kier alpha value is -4.63. The van der Waals surface area contributed by atoms with Gasteiger partial charge in [0, 0.05) is 24.9 Å². The van der Waals surface area contributed by atoms with Gasteiger partial charge in [0.15, 0.2) is 11.6 Å². The number of H-pyrrole nitrogens is 1. The van der Waals surface area contributed by atoms with E-state index in [2.05, 4.69) is 30.2 Å². The van der Waals surface area contributed by atoms with Gasteiger partial charge >= 0.3 is 24.5 Å². The predicted octanol–water partition coefficient (Wildman–Crippen LogP) is 4.00. The molecular weight excluding hydrogens is 507 g/mol. The third-order valence-corrected chi connectivity index (χ3v) is 5.79. The molecule has 1 aliphatic heterocycles. The van der Waals surface area contributed by atoms with Gasteiger partial charge in [-0.2, -0.15) is 27.1 Å². The zero-order chi connectivity index (χ0) is 25.9. The van der Waals surface area contributed by atoms with Crippen molar-refractivity contribution in [2.75, 3.05) is 6.54 Å². The van der Waals surface area contributed by atoms with Crippen LogP contribution in [0.15, 0.2) is 45.6 Å². The van der Waals surface area contributed by atoms with Crippen LogP contribution in [0.25, 0.3) is 22.7 Å². The van der Waals surface area contributed by atoms with Crippen LogP contribution in [0.4, 0.5) is 22.0 Å². The topological polar surface area (TPSA) is 132 Å². The Morgan fingerprint density at radius 1 is 1.16 bits per heavy atom. The zero-order valence-corrected chi connectivity index (χ0v) is 18.3. The second-order valence-corrected chi connectivity index (χ2v) is 7.99. The second-order valence-electron chi connectivity index (χ2n) is 7.99. The summed E-state index contributed by atoms with van der Waals surface area (Å²) in [5.74, 6) is -1.74. The van der Waals surface area contributed by atoms with E-state index in [-0.39, 0.29) is 29.5 Å². The van der Waals surface area contributed by atoms with E-state index in [1.807, 2.05) is 0 Å². The van der Waals surface area contributed by atoms with Gasteiger partial charge in [0.1, 0.15) is 16.8 Å². The molecule has 11 nitrogen and oxygen atoms in total. The molecule has 0 bridgehead atoms. The number of alkyl halides is 5. The van der Waals surface area contributed by atoms with E-state index < -0.39 is 41.7 Å². The van der Waals surface area contributed by atoms with E-state index >= 15 is 0 Å². The highest BCUT2D eigenvalue weighted by Gasteiger charge is 2.41. The molecule has 6 rings (SSSR count). The van der Waals surface area contributed by atoms with Crippen molar-refractivity contribution in [2.24, 2.45) is 0 Å². The lowest BCUT2D eigenvalue weighted by Crippen LogP contribution is -2.41. The molecule has 190 valence electrons. The number of nitrogens with zero attached hydrogens (tertiary/aromatic N) is 7. The summed E-state index contributed by atoms with van der Waals surface area (Å²) in [6, 6.07) is 3.54. The minimum atomic E-state index is -4.69. The van der Waals surface area contributed by atoms with Gasteiger partial charge in [0.2, 0.25) is 5.89 Å². The third kappa shape index (κ3) is 3.80. The van der Waals surface area contributed by atoms with Crippen LogP contribution in [0.2, 0.25) is 0 Å². The Kier molecular flexibility index (Phi) is 5.06. The molecule has 0 saturated heterocycles. The molecular formula is C21H13F5N8O3. The Labute approximate surface area is 201 Å². The molecule has 4 aromatic heterocycles. The van der Waals surface area contributed by atoms with Crippen molar-refractivity contribution in [3.8, 4) is 11.6 Å². The summed E-state index contributed by atoms with van der Waals surface area (Å²) >= 11 is 0. The number of imidazole rings is 1. The molecule has 0 radical (unpaired) electrons. The molecule has 0 saturated carbocycles. The Balaban J connectivity index is 1.39. The van der Waals surface area contributed by atoms with Gasteiger partial charge in [-0.15, -0.1) is 10.2 Å². The van der Waals surface area contributed by atoms with Gasteiger partial charge in [0.25, 0.3) is 5.89 Å². The molecule has 16 heteroatoms. The lowest BCUT2D eigenvalue weighted by molar-refractivity contribution is -0.136. The van der Waals surface area contributed by atoms with E-state index in [4.69, 9.17) is 8.83 Å². The first kappa shape index (κ1) is 22.8. The molecule has 1 aromatic carbocycles. The van der Waals surface area contributed by atoms with E-state index in [1.54, 1.807) is 0 Å². The van der Waals surface area contributed by atoms with E-state index in [0.717, 1.165) is 12.3 Å². The maximum Gasteiger partial charge on any atom is 0.420 e. The predicted molar refractivity (Wildman–Crippen MR) is 111 cm³/mol. The summed E-state index contributed by atoms with van der Waals surface area (Å²) in [6.07, 6.45) is -1.95. The molecule has 5 heterocycles. The first-order chi connectivity index (χ1) is 17.7. The van der Waals surface area contributed by atoms with E-state index in [9.17, 15) is 26.7 Å². The van der Waals surface area contributed by atoms with Crippen molar-refractivity contribution in [1.29, 1.82) is 0 Å². The molecule has 1 N–H and O–H groups in total. The monoisotopic (exact) mass is 520 g/mol. The summed E-state index contributed by atoms with van der Waals surface area (Å²) in [6.45, 7) is -2.80. The van der Waals surface area contributed by atoms with Crippen LogP contribution in [0.3, 0.4) is 0 Å². The largest absolute Gasteiger partial charge is 0.437 e. The van der Waals surface area contributed by atoms with Gasteiger partial charge < -0.3 is 18.7 Å². The fourth-order valence-electron chi connectivity index (χ4n) is 4.15.